The van der Waals surface area contributed by atoms with Gasteiger partial charge in [-0.3, -0.25) is 9.59 Å². The molecule has 2 N–H and O–H groups in total. The van der Waals surface area contributed by atoms with Crippen LogP contribution in [0, 0.1) is 0 Å². The van der Waals surface area contributed by atoms with Gasteiger partial charge in [0.15, 0.2) is 0 Å². The van der Waals surface area contributed by atoms with Gasteiger partial charge in [0, 0.05) is 19.0 Å². The molecular formula is C12H18N2O3. The number of nitrogens with one attached hydrogen (secondary N) is 2. The highest BCUT2D eigenvalue weighted by Crippen LogP contribution is 2.03. The minimum atomic E-state index is -0.600. The molecule has 0 aliphatic heterocycles. The molecular weight excluding hydrogens is 220 g/mol. The molecule has 1 atom stereocenters. The van der Waals surface area contributed by atoms with E-state index in [1.54, 1.807) is 12.3 Å². The standard InChI is InChI=1S/C12H18N2O3/c1-3-6-13-11(15)12(16)14-9(2)8-10-5-4-7-17-10/h4-5,7,9H,3,6,8H2,1-2H3,(H,13,15)(H,14,16). The zero-order chi connectivity index (χ0) is 12.7. The molecule has 0 radical (unpaired) electrons. The van der Waals surface area contributed by atoms with Crippen LogP contribution in [0.5, 0.6) is 0 Å². The molecule has 0 fully saturated rings. The predicted molar refractivity (Wildman–Crippen MR) is 63.3 cm³/mol. The van der Waals surface area contributed by atoms with Gasteiger partial charge in [0.1, 0.15) is 5.76 Å². The summed E-state index contributed by atoms with van der Waals surface area (Å²) in [4.78, 5) is 22.7. The highest BCUT2D eigenvalue weighted by atomic mass is 16.3. The fourth-order valence-electron chi connectivity index (χ4n) is 1.39. The SMILES string of the molecule is CCCNC(=O)C(=O)NC(C)Cc1ccco1. The largest absolute Gasteiger partial charge is 0.469 e. The maximum atomic E-state index is 11.4. The Morgan fingerprint density at radius 3 is 2.76 bits per heavy atom. The molecule has 0 aliphatic carbocycles. The van der Waals surface area contributed by atoms with Gasteiger partial charge in [0.05, 0.1) is 6.26 Å². The number of rotatable bonds is 5. The smallest absolute Gasteiger partial charge is 0.309 e. The Morgan fingerprint density at radius 1 is 1.41 bits per heavy atom. The van der Waals surface area contributed by atoms with Crippen LogP contribution in [0.3, 0.4) is 0 Å². The highest BCUT2D eigenvalue weighted by molar-refractivity contribution is 6.35. The lowest BCUT2D eigenvalue weighted by Crippen LogP contribution is -2.44. The van der Waals surface area contributed by atoms with Crippen molar-refractivity contribution in [2.75, 3.05) is 6.54 Å². The van der Waals surface area contributed by atoms with Crippen molar-refractivity contribution in [2.45, 2.75) is 32.7 Å². The summed E-state index contributed by atoms with van der Waals surface area (Å²) in [6.07, 6.45) is 2.96. The first-order chi connectivity index (χ1) is 8.13. The van der Waals surface area contributed by atoms with Crippen molar-refractivity contribution in [3.05, 3.63) is 24.2 Å². The van der Waals surface area contributed by atoms with Crippen molar-refractivity contribution in [1.82, 2.24) is 10.6 Å². The third-order valence-electron chi connectivity index (χ3n) is 2.21. The van der Waals surface area contributed by atoms with Crippen LogP contribution in [-0.2, 0) is 16.0 Å². The number of carbonyl (C=O) groups is 2. The lowest BCUT2D eigenvalue weighted by molar-refractivity contribution is -0.139. The molecule has 0 aromatic carbocycles. The van der Waals surface area contributed by atoms with E-state index in [0.717, 1.165) is 12.2 Å². The van der Waals surface area contributed by atoms with Crippen LogP contribution in [0.15, 0.2) is 22.8 Å². The maximum Gasteiger partial charge on any atom is 0.309 e. The molecule has 94 valence electrons. The van der Waals surface area contributed by atoms with Crippen LogP contribution in [0.4, 0.5) is 0 Å². The summed E-state index contributed by atoms with van der Waals surface area (Å²) in [5.74, 6) is -0.401. The summed E-state index contributed by atoms with van der Waals surface area (Å²) in [5.41, 5.74) is 0. The lowest BCUT2D eigenvalue weighted by Gasteiger charge is -2.12. The molecule has 1 heterocycles. The topological polar surface area (TPSA) is 71.3 Å². The summed E-state index contributed by atoms with van der Waals surface area (Å²) in [6, 6.07) is 3.48. The molecule has 0 saturated heterocycles. The van der Waals surface area contributed by atoms with E-state index in [-0.39, 0.29) is 6.04 Å². The van der Waals surface area contributed by atoms with Crippen molar-refractivity contribution < 1.29 is 14.0 Å². The van der Waals surface area contributed by atoms with Crippen molar-refractivity contribution in [1.29, 1.82) is 0 Å². The predicted octanol–water partition coefficient (Wildman–Crippen LogP) is 0.853. The minimum Gasteiger partial charge on any atom is -0.469 e. The Labute approximate surface area is 101 Å². The molecule has 5 nitrogen and oxygen atoms in total. The van der Waals surface area contributed by atoms with Crippen LogP contribution in [0.25, 0.3) is 0 Å². The minimum absolute atomic E-state index is 0.138. The summed E-state index contributed by atoms with van der Waals surface area (Å²) >= 11 is 0. The Morgan fingerprint density at radius 2 is 2.18 bits per heavy atom. The van der Waals surface area contributed by atoms with E-state index >= 15 is 0 Å². The van der Waals surface area contributed by atoms with Crippen LogP contribution in [0.2, 0.25) is 0 Å². The average molecular weight is 238 g/mol. The fraction of sp³-hybridized carbons (Fsp3) is 0.500. The molecule has 0 saturated carbocycles. The normalized spacial score (nSPS) is 11.9. The van der Waals surface area contributed by atoms with Gasteiger partial charge in [-0.2, -0.15) is 0 Å². The van der Waals surface area contributed by atoms with Gasteiger partial charge in [-0.05, 0) is 25.5 Å². The second-order valence-electron chi connectivity index (χ2n) is 3.91. The number of furan rings is 1. The van der Waals surface area contributed by atoms with E-state index in [2.05, 4.69) is 10.6 Å². The van der Waals surface area contributed by atoms with Crippen LogP contribution in [-0.4, -0.2) is 24.4 Å². The zero-order valence-corrected chi connectivity index (χ0v) is 10.2. The van der Waals surface area contributed by atoms with Gasteiger partial charge in [-0.25, -0.2) is 0 Å². The van der Waals surface area contributed by atoms with E-state index in [1.807, 2.05) is 19.9 Å². The molecule has 0 aliphatic rings. The molecule has 1 aromatic heterocycles. The van der Waals surface area contributed by atoms with E-state index < -0.39 is 11.8 Å². The van der Waals surface area contributed by atoms with Crippen LogP contribution in [0.1, 0.15) is 26.0 Å². The molecule has 1 aromatic rings. The summed E-state index contributed by atoms with van der Waals surface area (Å²) < 4.78 is 5.16. The third kappa shape index (κ3) is 4.72. The molecule has 1 unspecified atom stereocenters. The van der Waals surface area contributed by atoms with Crippen molar-refractivity contribution in [2.24, 2.45) is 0 Å². The molecule has 0 spiro atoms. The molecule has 1 rings (SSSR count). The Hall–Kier alpha value is -1.78. The first kappa shape index (κ1) is 13.3. The second-order valence-corrected chi connectivity index (χ2v) is 3.91. The van der Waals surface area contributed by atoms with Crippen LogP contribution < -0.4 is 10.6 Å². The molecule has 0 bridgehead atoms. The average Bonchev–Trinajstić information content (AvgIpc) is 2.78. The fourth-order valence-corrected chi connectivity index (χ4v) is 1.39. The number of hydrogen-bond donors (Lipinski definition) is 2. The zero-order valence-electron chi connectivity index (χ0n) is 10.2. The summed E-state index contributed by atoms with van der Waals surface area (Å²) in [6.45, 7) is 4.27. The number of amides is 2. The molecule has 5 heteroatoms. The number of carbonyl (C=O) groups excluding carboxylic acids is 2. The van der Waals surface area contributed by atoms with E-state index in [9.17, 15) is 9.59 Å². The van der Waals surface area contributed by atoms with Gasteiger partial charge in [-0.15, -0.1) is 0 Å². The van der Waals surface area contributed by atoms with Gasteiger partial charge < -0.3 is 15.1 Å². The van der Waals surface area contributed by atoms with Gasteiger partial charge in [-0.1, -0.05) is 6.92 Å². The third-order valence-corrected chi connectivity index (χ3v) is 2.21. The highest BCUT2D eigenvalue weighted by Gasteiger charge is 2.15. The monoisotopic (exact) mass is 238 g/mol. The Balaban J connectivity index is 2.32. The Bertz CT molecular complexity index is 360. The van der Waals surface area contributed by atoms with Crippen molar-refractivity contribution >= 4 is 11.8 Å². The first-order valence-corrected chi connectivity index (χ1v) is 5.74. The first-order valence-electron chi connectivity index (χ1n) is 5.74. The van der Waals surface area contributed by atoms with E-state index in [0.29, 0.717) is 13.0 Å². The van der Waals surface area contributed by atoms with Crippen molar-refractivity contribution in [3.8, 4) is 0 Å². The van der Waals surface area contributed by atoms with E-state index in [4.69, 9.17) is 4.42 Å². The second kappa shape index (κ2) is 6.73. The van der Waals surface area contributed by atoms with Gasteiger partial charge >= 0.3 is 11.8 Å². The summed E-state index contributed by atoms with van der Waals surface area (Å²) in [5, 5.41) is 5.14. The maximum absolute atomic E-state index is 11.4. The number of hydrogen-bond acceptors (Lipinski definition) is 3. The van der Waals surface area contributed by atoms with Gasteiger partial charge in [0.2, 0.25) is 0 Å². The lowest BCUT2D eigenvalue weighted by atomic mass is 10.2. The quantitative estimate of drug-likeness (QED) is 0.747. The summed E-state index contributed by atoms with van der Waals surface area (Å²) in [7, 11) is 0. The molecule has 17 heavy (non-hydrogen) atoms. The molecule has 2 amide bonds. The van der Waals surface area contributed by atoms with Crippen molar-refractivity contribution in [3.63, 3.8) is 0 Å². The van der Waals surface area contributed by atoms with Gasteiger partial charge in [0.25, 0.3) is 0 Å². The van der Waals surface area contributed by atoms with Crippen LogP contribution >= 0.6 is 0 Å². The Kier molecular flexibility index (Phi) is 5.26. The van der Waals surface area contributed by atoms with E-state index in [1.165, 1.54) is 0 Å².